The number of rotatable bonds is 2. The Bertz CT molecular complexity index is 461. The van der Waals surface area contributed by atoms with Crippen LogP contribution in [0.5, 0.6) is 0 Å². The van der Waals surface area contributed by atoms with E-state index < -0.39 is 0 Å². The Labute approximate surface area is 91.7 Å². The quantitative estimate of drug-likeness (QED) is 0.804. The van der Waals surface area contributed by atoms with E-state index in [4.69, 9.17) is 0 Å². The van der Waals surface area contributed by atoms with Gasteiger partial charge in [0.05, 0.1) is 15.9 Å². The van der Waals surface area contributed by atoms with Crippen molar-refractivity contribution in [2.24, 2.45) is 0 Å². The molecule has 4 nitrogen and oxygen atoms in total. The number of anilines is 1. The van der Waals surface area contributed by atoms with Gasteiger partial charge >= 0.3 is 0 Å². The average Bonchev–Trinajstić information content (AvgIpc) is 2.87. The SMILES string of the molecule is c1cc(NC2CCNC2)c2scnc2n1. The Kier molecular flexibility index (Phi) is 2.26. The van der Waals surface area contributed by atoms with Gasteiger partial charge in [-0.2, -0.15) is 0 Å². The van der Waals surface area contributed by atoms with Crippen molar-refractivity contribution in [3.63, 3.8) is 0 Å². The van der Waals surface area contributed by atoms with E-state index in [2.05, 4.69) is 20.6 Å². The Morgan fingerprint density at radius 3 is 3.33 bits per heavy atom. The highest BCUT2D eigenvalue weighted by Crippen LogP contribution is 2.25. The lowest BCUT2D eigenvalue weighted by atomic mass is 10.2. The van der Waals surface area contributed by atoms with E-state index >= 15 is 0 Å². The molecule has 0 aliphatic carbocycles. The van der Waals surface area contributed by atoms with Gasteiger partial charge in [0.2, 0.25) is 0 Å². The molecule has 2 N–H and O–H groups in total. The van der Waals surface area contributed by atoms with Gasteiger partial charge in [0.1, 0.15) is 0 Å². The molecule has 1 atom stereocenters. The molecule has 3 rings (SSSR count). The Morgan fingerprint density at radius 1 is 1.47 bits per heavy atom. The van der Waals surface area contributed by atoms with Gasteiger partial charge in [-0.1, -0.05) is 0 Å². The first-order chi connectivity index (χ1) is 7.43. The largest absolute Gasteiger partial charge is 0.380 e. The summed E-state index contributed by atoms with van der Waals surface area (Å²) in [6.07, 6.45) is 3.00. The molecular formula is C10H12N4S. The highest BCUT2D eigenvalue weighted by molar-refractivity contribution is 7.17. The second-order valence-corrected chi connectivity index (χ2v) is 4.55. The average molecular weight is 220 g/mol. The number of aromatic nitrogens is 2. The van der Waals surface area contributed by atoms with Gasteiger partial charge < -0.3 is 10.6 Å². The summed E-state index contributed by atoms with van der Waals surface area (Å²) in [6, 6.07) is 2.57. The molecule has 2 aromatic heterocycles. The van der Waals surface area contributed by atoms with E-state index in [0.29, 0.717) is 6.04 Å². The van der Waals surface area contributed by atoms with Gasteiger partial charge in [-0.15, -0.1) is 11.3 Å². The predicted molar refractivity (Wildman–Crippen MR) is 62.3 cm³/mol. The molecule has 0 saturated carbocycles. The third-order valence-corrected chi connectivity index (χ3v) is 3.50. The minimum absolute atomic E-state index is 0.540. The molecule has 1 aliphatic rings. The molecule has 15 heavy (non-hydrogen) atoms. The standard InChI is InChI=1S/C10H12N4S/c1-3-11-5-7(1)14-8-2-4-12-10-9(8)15-6-13-10/h2,4,6-7,11H,1,3,5H2,(H,12,14). The van der Waals surface area contributed by atoms with Crippen LogP contribution in [0.4, 0.5) is 5.69 Å². The fourth-order valence-electron chi connectivity index (χ4n) is 1.89. The summed E-state index contributed by atoms with van der Waals surface area (Å²) in [4.78, 5) is 8.43. The van der Waals surface area contributed by atoms with Gasteiger partial charge in [-0.3, -0.25) is 0 Å². The maximum Gasteiger partial charge on any atom is 0.172 e. The summed E-state index contributed by atoms with van der Waals surface area (Å²) in [5, 5.41) is 6.88. The topological polar surface area (TPSA) is 49.8 Å². The van der Waals surface area contributed by atoms with Gasteiger partial charge in [-0.05, 0) is 19.0 Å². The molecule has 1 unspecified atom stereocenters. The lowest BCUT2D eigenvalue weighted by Crippen LogP contribution is -2.22. The van der Waals surface area contributed by atoms with Crippen LogP contribution in [0.25, 0.3) is 10.3 Å². The van der Waals surface area contributed by atoms with Crippen molar-refractivity contribution in [3.8, 4) is 0 Å². The first-order valence-corrected chi connectivity index (χ1v) is 5.97. The lowest BCUT2D eigenvalue weighted by Gasteiger charge is -2.12. The molecule has 0 spiro atoms. The van der Waals surface area contributed by atoms with E-state index in [-0.39, 0.29) is 0 Å². The number of thiazole rings is 1. The van der Waals surface area contributed by atoms with Crippen molar-refractivity contribution in [2.75, 3.05) is 18.4 Å². The monoisotopic (exact) mass is 220 g/mol. The number of fused-ring (bicyclic) bond motifs is 1. The minimum atomic E-state index is 0.540. The van der Waals surface area contributed by atoms with Crippen LogP contribution in [0.15, 0.2) is 17.8 Å². The molecule has 0 bridgehead atoms. The number of hydrogen-bond donors (Lipinski definition) is 2. The van der Waals surface area contributed by atoms with Crippen molar-refractivity contribution < 1.29 is 0 Å². The lowest BCUT2D eigenvalue weighted by molar-refractivity contribution is 0.794. The molecular weight excluding hydrogens is 208 g/mol. The molecule has 0 amide bonds. The summed E-state index contributed by atoms with van der Waals surface area (Å²) in [6.45, 7) is 2.15. The van der Waals surface area contributed by atoms with E-state index in [0.717, 1.165) is 29.1 Å². The van der Waals surface area contributed by atoms with E-state index in [1.54, 1.807) is 11.3 Å². The van der Waals surface area contributed by atoms with E-state index in [1.807, 2.05) is 17.8 Å². The highest BCUT2D eigenvalue weighted by Gasteiger charge is 2.15. The third-order valence-electron chi connectivity index (χ3n) is 2.65. The molecule has 0 aromatic carbocycles. The summed E-state index contributed by atoms with van der Waals surface area (Å²) in [5.74, 6) is 0. The second kappa shape index (κ2) is 3.75. The van der Waals surface area contributed by atoms with Crippen LogP contribution in [0, 0.1) is 0 Å². The van der Waals surface area contributed by atoms with Gasteiger partial charge in [0, 0.05) is 18.8 Å². The number of pyridine rings is 1. The van der Waals surface area contributed by atoms with Crippen molar-refractivity contribution in [1.82, 2.24) is 15.3 Å². The zero-order valence-corrected chi connectivity index (χ0v) is 9.05. The summed E-state index contributed by atoms with van der Waals surface area (Å²) in [5.41, 5.74) is 3.85. The number of nitrogens with one attached hydrogen (secondary N) is 2. The number of nitrogens with zero attached hydrogens (tertiary/aromatic N) is 2. The Balaban J connectivity index is 1.92. The molecule has 2 aromatic rings. The van der Waals surface area contributed by atoms with Crippen LogP contribution in [0.2, 0.25) is 0 Å². The molecule has 3 heterocycles. The highest BCUT2D eigenvalue weighted by atomic mass is 32.1. The maximum absolute atomic E-state index is 4.22. The molecule has 0 radical (unpaired) electrons. The first-order valence-electron chi connectivity index (χ1n) is 5.09. The third kappa shape index (κ3) is 1.68. The van der Waals surface area contributed by atoms with Crippen LogP contribution in [0.3, 0.4) is 0 Å². The molecule has 1 fully saturated rings. The fourth-order valence-corrected chi connectivity index (χ4v) is 2.61. The van der Waals surface area contributed by atoms with Crippen molar-refractivity contribution >= 4 is 27.4 Å². The van der Waals surface area contributed by atoms with Gasteiger partial charge in [0.25, 0.3) is 0 Å². The van der Waals surface area contributed by atoms with Crippen LogP contribution in [-0.2, 0) is 0 Å². The van der Waals surface area contributed by atoms with Crippen LogP contribution >= 0.6 is 11.3 Å². The minimum Gasteiger partial charge on any atom is -0.380 e. The normalized spacial score (nSPS) is 20.9. The Morgan fingerprint density at radius 2 is 2.47 bits per heavy atom. The molecule has 1 saturated heterocycles. The summed E-state index contributed by atoms with van der Waals surface area (Å²) >= 11 is 1.64. The van der Waals surface area contributed by atoms with E-state index in [9.17, 15) is 0 Å². The zero-order valence-electron chi connectivity index (χ0n) is 8.23. The predicted octanol–water partition coefficient (Wildman–Crippen LogP) is 1.47. The van der Waals surface area contributed by atoms with E-state index in [1.165, 1.54) is 6.42 Å². The smallest absolute Gasteiger partial charge is 0.172 e. The van der Waals surface area contributed by atoms with Crippen molar-refractivity contribution in [1.29, 1.82) is 0 Å². The van der Waals surface area contributed by atoms with Crippen molar-refractivity contribution in [2.45, 2.75) is 12.5 Å². The van der Waals surface area contributed by atoms with Crippen LogP contribution in [0.1, 0.15) is 6.42 Å². The molecule has 78 valence electrons. The summed E-state index contributed by atoms with van der Waals surface area (Å²) in [7, 11) is 0. The second-order valence-electron chi connectivity index (χ2n) is 3.70. The van der Waals surface area contributed by atoms with Crippen LogP contribution < -0.4 is 10.6 Å². The maximum atomic E-state index is 4.22. The van der Waals surface area contributed by atoms with Gasteiger partial charge in [0.15, 0.2) is 5.65 Å². The Hall–Kier alpha value is -1.20. The zero-order chi connectivity index (χ0) is 10.1. The first kappa shape index (κ1) is 9.06. The fraction of sp³-hybridized carbons (Fsp3) is 0.400. The van der Waals surface area contributed by atoms with Crippen molar-refractivity contribution in [3.05, 3.63) is 17.8 Å². The molecule has 1 aliphatic heterocycles. The number of hydrogen-bond acceptors (Lipinski definition) is 5. The molecule has 5 heteroatoms. The van der Waals surface area contributed by atoms with Crippen LogP contribution in [-0.4, -0.2) is 29.1 Å². The summed E-state index contributed by atoms with van der Waals surface area (Å²) < 4.78 is 1.16. The van der Waals surface area contributed by atoms with Gasteiger partial charge in [-0.25, -0.2) is 9.97 Å².